The summed E-state index contributed by atoms with van der Waals surface area (Å²) in [5.74, 6) is 2.13. The van der Waals surface area contributed by atoms with Crippen molar-refractivity contribution in [3.05, 3.63) is 23.1 Å². The summed E-state index contributed by atoms with van der Waals surface area (Å²) in [5.41, 5.74) is 0. The van der Waals surface area contributed by atoms with Crippen molar-refractivity contribution in [1.29, 1.82) is 0 Å². The molecule has 0 aliphatic rings. The molecule has 0 saturated carbocycles. The number of hydrogen-bond donors (Lipinski definition) is 2. The molecule has 0 aliphatic carbocycles. The molecule has 2 aromatic rings. The van der Waals surface area contributed by atoms with Gasteiger partial charge < -0.3 is 15.1 Å². The van der Waals surface area contributed by atoms with Crippen molar-refractivity contribution in [3.8, 4) is 0 Å². The molecule has 2 rings (SSSR count). The summed E-state index contributed by atoms with van der Waals surface area (Å²) in [4.78, 5) is 16.3. The zero-order valence-electron chi connectivity index (χ0n) is 10.9. The molecule has 8 heteroatoms. The van der Waals surface area contributed by atoms with Crippen LogP contribution in [0.2, 0.25) is 5.28 Å². The topological polar surface area (TPSA) is 88.8 Å². The summed E-state index contributed by atoms with van der Waals surface area (Å²) in [7, 11) is 0. The third-order valence-corrected chi connectivity index (χ3v) is 2.47. The molecule has 2 aromatic heterocycles. The zero-order chi connectivity index (χ0) is 13.8. The van der Waals surface area contributed by atoms with Crippen molar-refractivity contribution >= 4 is 23.5 Å². The van der Waals surface area contributed by atoms with Crippen molar-refractivity contribution in [2.45, 2.75) is 26.8 Å². The summed E-state index contributed by atoms with van der Waals surface area (Å²) < 4.78 is 5.43. The van der Waals surface area contributed by atoms with E-state index in [9.17, 15) is 0 Å². The Morgan fingerprint density at radius 3 is 2.68 bits per heavy atom. The summed E-state index contributed by atoms with van der Waals surface area (Å²) in [5, 5.41) is 6.18. The maximum Gasteiger partial charge on any atom is 0.229 e. The molecule has 0 bridgehead atoms. The van der Waals surface area contributed by atoms with Gasteiger partial charge in [0.15, 0.2) is 0 Å². The van der Waals surface area contributed by atoms with Crippen molar-refractivity contribution in [2.75, 3.05) is 17.2 Å². The first-order chi connectivity index (χ1) is 9.08. The second-order valence-electron chi connectivity index (χ2n) is 3.96. The molecule has 0 fully saturated rings. The number of nitrogens with zero attached hydrogens (tertiary/aromatic N) is 4. The monoisotopic (exact) mass is 282 g/mol. The molecule has 0 amide bonds. The van der Waals surface area contributed by atoms with Crippen LogP contribution in [-0.4, -0.2) is 26.5 Å². The summed E-state index contributed by atoms with van der Waals surface area (Å²) in [6.45, 7) is 6.39. The van der Waals surface area contributed by atoms with Crippen LogP contribution in [0.5, 0.6) is 0 Å². The average molecular weight is 283 g/mol. The normalized spacial score (nSPS) is 12.2. The maximum atomic E-state index is 5.84. The number of rotatable bonds is 5. The van der Waals surface area contributed by atoms with Gasteiger partial charge in [-0.2, -0.15) is 15.0 Å². The van der Waals surface area contributed by atoms with Crippen molar-refractivity contribution in [2.24, 2.45) is 0 Å². The number of nitrogens with one attached hydrogen (secondary N) is 2. The van der Waals surface area contributed by atoms with E-state index in [1.54, 1.807) is 6.20 Å². The van der Waals surface area contributed by atoms with Gasteiger partial charge in [0, 0.05) is 6.54 Å². The minimum Gasteiger partial charge on any atom is -0.444 e. The Balaban J connectivity index is 2.14. The minimum absolute atomic E-state index is 0.129. The lowest BCUT2D eigenvalue weighted by atomic mass is 10.3. The molecule has 2 heterocycles. The Hall–Kier alpha value is -1.89. The summed E-state index contributed by atoms with van der Waals surface area (Å²) in [6, 6.07) is -0.165. The van der Waals surface area contributed by atoms with Crippen LogP contribution in [0.1, 0.15) is 31.5 Å². The number of aromatic nitrogens is 4. The van der Waals surface area contributed by atoms with Crippen LogP contribution >= 0.6 is 11.6 Å². The fourth-order valence-corrected chi connectivity index (χ4v) is 1.64. The Bertz CT molecular complexity index is 558. The highest BCUT2D eigenvalue weighted by atomic mass is 35.5. The molecule has 1 unspecified atom stereocenters. The number of oxazole rings is 1. The molecule has 0 saturated heterocycles. The molecule has 0 aliphatic heterocycles. The van der Waals surface area contributed by atoms with Gasteiger partial charge in [-0.15, -0.1) is 0 Å². The van der Waals surface area contributed by atoms with E-state index in [2.05, 4.69) is 30.6 Å². The maximum absolute atomic E-state index is 5.84. The van der Waals surface area contributed by atoms with E-state index in [1.165, 1.54) is 0 Å². The van der Waals surface area contributed by atoms with Gasteiger partial charge in [-0.25, -0.2) is 4.98 Å². The van der Waals surface area contributed by atoms with E-state index in [0.29, 0.717) is 24.3 Å². The van der Waals surface area contributed by atoms with E-state index in [4.69, 9.17) is 16.0 Å². The number of anilines is 2. The molecule has 1 atom stereocenters. The minimum atomic E-state index is -0.165. The molecule has 0 radical (unpaired) electrons. The highest BCUT2D eigenvalue weighted by Gasteiger charge is 2.13. The SMILES string of the molecule is CCNc1nc(Cl)nc(NC(C)c2ncc(C)o2)n1. The number of halogens is 1. The zero-order valence-corrected chi connectivity index (χ0v) is 11.7. The van der Waals surface area contributed by atoms with Crippen LogP contribution < -0.4 is 10.6 Å². The molecular formula is C11H15ClN6O. The average Bonchev–Trinajstić information content (AvgIpc) is 2.75. The van der Waals surface area contributed by atoms with Crippen LogP contribution in [0.25, 0.3) is 0 Å². The smallest absolute Gasteiger partial charge is 0.229 e. The molecule has 2 N–H and O–H groups in total. The first-order valence-electron chi connectivity index (χ1n) is 5.92. The molecular weight excluding hydrogens is 268 g/mol. The lowest BCUT2D eigenvalue weighted by Crippen LogP contribution is -2.12. The Morgan fingerprint density at radius 2 is 2.05 bits per heavy atom. The Morgan fingerprint density at radius 1 is 1.32 bits per heavy atom. The number of aryl methyl sites for hydroxylation is 1. The van der Waals surface area contributed by atoms with E-state index >= 15 is 0 Å². The van der Waals surface area contributed by atoms with Gasteiger partial charge in [0.1, 0.15) is 11.8 Å². The highest BCUT2D eigenvalue weighted by molar-refractivity contribution is 6.28. The largest absolute Gasteiger partial charge is 0.444 e. The van der Waals surface area contributed by atoms with Crippen LogP contribution in [-0.2, 0) is 0 Å². The number of hydrogen-bond acceptors (Lipinski definition) is 7. The first-order valence-corrected chi connectivity index (χ1v) is 6.30. The fourth-order valence-electron chi connectivity index (χ4n) is 1.48. The van der Waals surface area contributed by atoms with Crippen molar-refractivity contribution in [1.82, 2.24) is 19.9 Å². The highest BCUT2D eigenvalue weighted by Crippen LogP contribution is 2.18. The predicted molar refractivity (Wildman–Crippen MR) is 72.3 cm³/mol. The Labute approximate surface area is 115 Å². The van der Waals surface area contributed by atoms with Crippen LogP contribution in [0.15, 0.2) is 10.6 Å². The fraction of sp³-hybridized carbons (Fsp3) is 0.455. The molecule has 19 heavy (non-hydrogen) atoms. The molecule has 7 nitrogen and oxygen atoms in total. The van der Waals surface area contributed by atoms with Gasteiger partial charge in [0.2, 0.25) is 23.1 Å². The van der Waals surface area contributed by atoms with Crippen LogP contribution in [0.3, 0.4) is 0 Å². The lowest BCUT2D eigenvalue weighted by molar-refractivity contribution is 0.453. The Kier molecular flexibility index (Phi) is 4.16. The second kappa shape index (κ2) is 5.83. The van der Waals surface area contributed by atoms with Gasteiger partial charge in [0.25, 0.3) is 0 Å². The van der Waals surface area contributed by atoms with E-state index in [0.717, 1.165) is 5.76 Å². The second-order valence-corrected chi connectivity index (χ2v) is 4.30. The third kappa shape index (κ3) is 3.54. The van der Waals surface area contributed by atoms with Gasteiger partial charge in [-0.3, -0.25) is 0 Å². The van der Waals surface area contributed by atoms with Gasteiger partial charge in [0.05, 0.1) is 6.20 Å². The van der Waals surface area contributed by atoms with E-state index < -0.39 is 0 Å². The summed E-state index contributed by atoms with van der Waals surface area (Å²) >= 11 is 5.84. The lowest BCUT2D eigenvalue weighted by Gasteiger charge is -2.11. The van der Waals surface area contributed by atoms with Crippen molar-refractivity contribution < 1.29 is 4.42 Å². The molecule has 102 valence electrons. The van der Waals surface area contributed by atoms with Gasteiger partial charge in [-0.05, 0) is 32.4 Å². The molecule has 0 spiro atoms. The van der Waals surface area contributed by atoms with E-state index in [-0.39, 0.29) is 11.3 Å². The third-order valence-electron chi connectivity index (χ3n) is 2.30. The van der Waals surface area contributed by atoms with Gasteiger partial charge >= 0.3 is 0 Å². The first kappa shape index (κ1) is 13.5. The van der Waals surface area contributed by atoms with E-state index in [1.807, 2.05) is 20.8 Å². The van der Waals surface area contributed by atoms with Crippen molar-refractivity contribution in [3.63, 3.8) is 0 Å². The van der Waals surface area contributed by atoms with Crippen LogP contribution in [0, 0.1) is 6.92 Å². The summed E-state index contributed by atoms with van der Waals surface area (Å²) in [6.07, 6.45) is 1.66. The quantitative estimate of drug-likeness (QED) is 0.870. The predicted octanol–water partition coefficient (Wildman–Crippen LogP) is 2.43. The van der Waals surface area contributed by atoms with Crippen LogP contribution in [0.4, 0.5) is 11.9 Å². The van der Waals surface area contributed by atoms with Gasteiger partial charge in [-0.1, -0.05) is 0 Å². The standard InChI is InChI=1S/C11H15ClN6O/c1-4-13-10-16-9(12)17-11(18-10)15-7(3)8-14-5-6(2)19-8/h5,7H,4H2,1-3H3,(H2,13,15,16,17,18). The molecule has 0 aromatic carbocycles.